The number of rotatable bonds is 4. The summed E-state index contributed by atoms with van der Waals surface area (Å²) in [6.07, 6.45) is 4.15. The van der Waals surface area contributed by atoms with E-state index >= 15 is 0 Å². The number of hydrogen-bond acceptors (Lipinski definition) is 3. The zero-order valence-electron chi connectivity index (χ0n) is 11.0. The molecule has 0 aromatic heterocycles. The van der Waals surface area contributed by atoms with Crippen LogP contribution >= 0.6 is 12.4 Å². The minimum atomic E-state index is -0.516. The molecule has 4 nitrogen and oxygen atoms in total. The molecule has 0 aromatic carbocycles. The average molecular weight is 265 g/mol. The molecule has 2 atom stereocenters. The van der Waals surface area contributed by atoms with Crippen molar-refractivity contribution in [1.29, 1.82) is 0 Å². The molecule has 1 aliphatic carbocycles. The fourth-order valence-corrected chi connectivity index (χ4v) is 2.34. The average Bonchev–Trinajstić information content (AvgIpc) is 2.23. The molecule has 0 saturated heterocycles. The van der Waals surface area contributed by atoms with Crippen LogP contribution in [0.1, 0.15) is 39.5 Å². The van der Waals surface area contributed by atoms with Crippen molar-refractivity contribution in [3.05, 3.63) is 0 Å². The second kappa shape index (κ2) is 7.19. The molecule has 0 spiro atoms. The van der Waals surface area contributed by atoms with Crippen LogP contribution in [0.3, 0.4) is 0 Å². The molecule has 102 valence electrons. The summed E-state index contributed by atoms with van der Waals surface area (Å²) in [5.74, 6) is -0.0787. The van der Waals surface area contributed by atoms with Crippen LogP contribution in [-0.2, 0) is 9.53 Å². The van der Waals surface area contributed by atoms with E-state index in [1.165, 1.54) is 20.0 Å². The van der Waals surface area contributed by atoms with Crippen molar-refractivity contribution in [3.63, 3.8) is 0 Å². The van der Waals surface area contributed by atoms with Gasteiger partial charge in [-0.15, -0.1) is 12.4 Å². The zero-order valence-corrected chi connectivity index (χ0v) is 11.8. The summed E-state index contributed by atoms with van der Waals surface area (Å²) in [7, 11) is 1.52. The lowest BCUT2D eigenvalue weighted by molar-refractivity contribution is -0.132. The maximum Gasteiger partial charge on any atom is 0.250 e. The molecule has 1 amide bonds. The number of carbonyl (C=O) groups is 1. The van der Waals surface area contributed by atoms with Gasteiger partial charge in [0.15, 0.2) is 0 Å². The van der Waals surface area contributed by atoms with E-state index in [4.69, 9.17) is 10.5 Å². The van der Waals surface area contributed by atoms with Crippen molar-refractivity contribution >= 4 is 18.3 Å². The second-order valence-corrected chi connectivity index (χ2v) is 5.26. The monoisotopic (exact) mass is 264 g/mol. The lowest BCUT2D eigenvalue weighted by Gasteiger charge is -2.39. The minimum Gasteiger partial charge on any atom is -0.370 e. The molecule has 5 heteroatoms. The van der Waals surface area contributed by atoms with E-state index in [1.807, 2.05) is 0 Å². The summed E-state index contributed by atoms with van der Waals surface area (Å²) >= 11 is 0. The first-order valence-electron chi connectivity index (χ1n) is 6.04. The van der Waals surface area contributed by atoms with Crippen molar-refractivity contribution in [1.82, 2.24) is 5.32 Å². The van der Waals surface area contributed by atoms with Crippen LogP contribution in [0.25, 0.3) is 0 Å². The van der Waals surface area contributed by atoms with Gasteiger partial charge >= 0.3 is 0 Å². The smallest absolute Gasteiger partial charge is 0.250 e. The summed E-state index contributed by atoms with van der Waals surface area (Å²) in [5.41, 5.74) is 5.65. The van der Waals surface area contributed by atoms with Crippen LogP contribution in [0, 0.1) is 5.41 Å². The highest BCUT2D eigenvalue weighted by Crippen LogP contribution is 2.35. The summed E-state index contributed by atoms with van der Waals surface area (Å²) in [6, 6.07) is 0.248. The van der Waals surface area contributed by atoms with E-state index in [1.54, 1.807) is 0 Å². The minimum absolute atomic E-state index is 0. The Bertz CT molecular complexity index is 243. The van der Waals surface area contributed by atoms with Gasteiger partial charge in [-0.3, -0.25) is 4.79 Å². The van der Waals surface area contributed by atoms with Crippen LogP contribution in [0.4, 0.5) is 0 Å². The van der Waals surface area contributed by atoms with Crippen molar-refractivity contribution in [2.75, 3.05) is 13.7 Å². The van der Waals surface area contributed by atoms with Gasteiger partial charge in [0.1, 0.15) is 6.10 Å². The molecule has 3 N–H and O–H groups in total. The van der Waals surface area contributed by atoms with Gasteiger partial charge < -0.3 is 15.8 Å². The van der Waals surface area contributed by atoms with Gasteiger partial charge in [-0.05, 0) is 18.3 Å². The Morgan fingerprint density at radius 3 is 2.65 bits per heavy atom. The third-order valence-electron chi connectivity index (χ3n) is 3.61. The standard InChI is InChI=1S/C12H24N2O2.ClH/c1-12(2)7-5-4-6-10(12)14-11(15)9(8-13)16-3;/h9-10H,4-8,13H2,1-3H3,(H,14,15);1H. The van der Waals surface area contributed by atoms with Gasteiger partial charge in [0.05, 0.1) is 0 Å². The number of nitrogens with two attached hydrogens (primary N) is 1. The molecule has 0 radical (unpaired) electrons. The molecule has 0 bridgehead atoms. The van der Waals surface area contributed by atoms with Gasteiger partial charge in [-0.1, -0.05) is 26.7 Å². The highest BCUT2D eigenvalue weighted by Gasteiger charge is 2.34. The molecule has 2 unspecified atom stereocenters. The Hall–Kier alpha value is -0.320. The summed E-state index contributed by atoms with van der Waals surface area (Å²) in [5, 5.41) is 3.07. The summed E-state index contributed by atoms with van der Waals surface area (Å²) in [4.78, 5) is 11.8. The zero-order chi connectivity index (χ0) is 12.2. The topological polar surface area (TPSA) is 64.3 Å². The molecule has 1 aliphatic rings. The molecular formula is C12H25ClN2O2. The number of methoxy groups -OCH3 is 1. The number of carbonyl (C=O) groups excluding carboxylic acids is 1. The Morgan fingerprint density at radius 1 is 1.53 bits per heavy atom. The van der Waals surface area contributed by atoms with E-state index < -0.39 is 6.10 Å². The normalized spacial score (nSPS) is 24.6. The van der Waals surface area contributed by atoms with Crippen LogP contribution in [0.15, 0.2) is 0 Å². The highest BCUT2D eigenvalue weighted by molar-refractivity contribution is 5.85. The first kappa shape index (κ1) is 16.7. The predicted molar refractivity (Wildman–Crippen MR) is 71.3 cm³/mol. The Balaban J connectivity index is 0.00000256. The quantitative estimate of drug-likeness (QED) is 0.808. The first-order valence-corrected chi connectivity index (χ1v) is 6.04. The van der Waals surface area contributed by atoms with Gasteiger partial charge in [0, 0.05) is 19.7 Å². The van der Waals surface area contributed by atoms with Crippen LogP contribution in [0.5, 0.6) is 0 Å². The maximum absolute atomic E-state index is 11.8. The number of amides is 1. The Morgan fingerprint density at radius 2 is 2.18 bits per heavy atom. The Labute approximate surface area is 110 Å². The summed E-state index contributed by atoms with van der Waals surface area (Å²) in [6.45, 7) is 4.65. The fourth-order valence-electron chi connectivity index (χ4n) is 2.34. The maximum atomic E-state index is 11.8. The van der Waals surface area contributed by atoms with E-state index in [-0.39, 0.29) is 36.3 Å². The van der Waals surface area contributed by atoms with E-state index in [0.29, 0.717) is 0 Å². The fraction of sp³-hybridized carbons (Fsp3) is 0.917. The molecule has 1 fully saturated rings. The lowest BCUT2D eigenvalue weighted by atomic mass is 9.73. The van der Waals surface area contributed by atoms with Crippen molar-refractivity contribution in [3.8, 4) is 0 Å². The molecule has 17 heavy (non-hydrogen) atoms. The molecule has 0 aliphatic heterocycles. The predicted octanol–water partition coefficient (Wildman–Crippen LogP) is 1.47. The molecule has 1 saturated carbocycles. The number of nitrogens with one attached hydrogen (secondary N) is 1. The number of ether oxygens (including phenoxy) is 1. The Kier molecular flexibility index (Phi) is 7.05. The third-order valence-corrected chi connectivity index (χ3v) is 3.61. The van der Waals surface area contributed by atoms with Gasteiger partial charge in [-0.2, -0.15) is 0 Å². The number of hydrogen-bond donors (Lipinski definition) is 2. The molecule has 1 rings (SSSR count). The molecule has 0 heterocycles. The van der Waals surface area contributed by atoms with Crippen LogP contribution < -0.4 is 11.1 Å². The van der Waals surface area contributed by atoms with E-state index in [0.717, 1.165) is 12.8 Å². The van der Waals surface area contributed by atoms with Crippen molar-refractivity contribution < 1.29 is 9.53 Å². The first-order chi connectivity index (χ1) is 7.51. The molecular weight excluding hydrogens is 240 g/mol. The summed E-state index contributed by atoms with van der Waals surface area (Å²) < 4.78 is 5.03. The largest absolute Gasteiger partial charge is 0.370 e. The number of halogens is 1. The van der Waals surface area contributed by atoms with Gasteiger partial charge in [0.25, 0.3) is 5.91 Å². The van der Waals surface area contributed by atoms with Crippen molar-refractivity contribution in [2.24, 2.45) is 11.1 Å². The van der Waals surface area contributed by atoms with Gasteiger partial charge in [0.2, 0.25) is 0 Å². The van der Waals surface area contributed by atoms with E-state index in [9.17, 15) is 4.79 Å². The lowest BCUT2D eigenvalue weighted by Crippen LogP contribution is -2.51. The highest BCUT2D eigenvalue weighted by atomic mass is 35.5. The molecule has 0 aromatic rings. The second-order valence-electron chi connectivity index (χ2n) is 5.26. The third kappa shape index (κ3) is 4.45. The van der Waals surface area contributed by atoms with E-state index in [2.05, 4.69) is 19.2 Å². The van der Waals surface area contributed by atoms with Crippen LogP contribution in [-0.4, -0.2) is 31.7 Å². The van der Waals surface area contributed by atoms with Crippen LogP contribution in [0.2, 0.25) is 0 Å². The van der Waals surface area contributed by atoms with Gasteiger partial charge in [-0.25, -0.2) is 0 Å². The van der Waals surface area contributed by atoms with Crippen molar-refractivity contribution in [2.45, 2.75) is 51.7 Å². The SMILES string of the molecule is COC(CN)C(=O)NC1CCCCC1(C)C.Cl.